The number of anilines is 1. The minimum atomic E-state index is 0. The molecule has 2 aliphatic carbocycles. The molecule has 0 radical (unpaired) electrons. The smallest absolute Gasteiger partial charge is 0.161 e. The summed E-state index contributed by atoms with van der Waals surface area (Å²) in [5.74, 6) is 2.65. The number of nitrogens with zero attached hydrogens (tertiary/aromatic N) is 6. The zero-order valence-corrected chi connectivity index (χ0v) is 33.3. The van der Waals surface area contributed by atoms with Gasteiger partial charge < -0.3 is 11.1 Å². The van der Waals surface area contributed by atoms with E-state index in [1.54, 1.807) is 12.4 Å². The molecule has 3 aliphatic rings. The largest absolute Gasteiger partial charge is 0.357 e. The average Bonchev–Trinajstić information content (AvgIpc) is 3.16. The minimum absolute atomic E-state index is 0. The van der Waals surface area contributed by atoms with Gasteiger partial charge in [0.2, 0.25) is 0 Å². The minimum Gasteiger partial charge on any atom is -0.357 e. The van der Waals surface area contributed by atoms with Crippen LogP contribution in [0.15, 0.2) is 85.5 Å². The van der Waals surface area contributed by atoms with Gasteiger partial charge in [0.1, 0.15) is 5.82 Å². The molecule has 0 bridgehead atoms. The van der Waals surface area contributed by atoms with E-state index in [1.807, 2.05) is 30.6 Å². The fraction of sp³-hybridized carbons (Fsp3) is 0.457. The number of aromatic nitrogens is 5. The Balaban J connectivity index is 0.000000178. The first-order chi connectivity index (χ1) is 24.7. The molecule has 5 aromatic rings. The molecule has 0 atom stereocenters. The maximum Gasteiger partial charge on any atom is 0.161 e. The van der Waals surface area contributed by atoms with E-state index in [0.717, 1.165) is 47.1 Å². The summed E-state index contributed by atoms with van der Waals surface area (Å²) in [6.45, 7) is 21.1. The molecule has 0 saturated carbocycles. The number of hydrogen-bond donors (Lipinski definition) is 1. The summed E-state index contributed by atoms with van der Waals surface area (Å²) in [5, 5.41) is 0. The van der Waals surface area contributed by atoms with Crippen LogP contribution in [-0.2, 0) is 21.7 Å². The third-order valence-corrected chi connectivity index (χ3v) is 12.2. The summed E-state index contributed by atoms with van der Waals surface area (Å²) in [7, 11) is 0. The first-order valence-corrected chi connectivity index (χ1v) is 19.4. The molecular formula is C46H59N7. The van der Waals surface area contributed by atoms with Gasteiger partial charge in [0.05, 0.1) is 5.69 Å². The maximum atomic E-state index is 4.91. The summed E-state index contributed by atoms with van der Waals surface area (Å²) in [6.07, 6.45) is 16.1. The van der Waals surface area contributed by atoms with E-state index in [2.05, 4.69) is 118 Å². The molecule has 2 aromatic carbocycles. The number of pyridine rings is 1. The summed E-state index contributed by atoms with van der Waals surface area (Å²) in [6, 6.07) is 21.7. The molecule has 0 amide bonds. The fourth-order valence-electron chi connectivity index (χ4n) is 8.42. The van der Waals surface area contributed by atoms with E-state index in [0.29, 0.717) is 5.82 Å². The molecule has 1 aliphatic heterocycles. The van der Waals surface area contributed by atoms with Gasteiger partial charge in [-0.25, -0.2) is 19.9 Å². The molecule has 3 aromatic heterocycles. The topological polar surface area (TPSA) is 103 Å². The summed E-state index contributed by atoms with van der Waals surface area (Å²) >= 11 is 0. The first-order valence-electron chi connectivity index (χ1n) is 19.4. The predicted octanol–water partition coefficient (Wildman–Crippen LogP) is 11.2. The van der Waals surface area contributed by atoms with Crippen molar-refractivity contribution in [1.29, 1.82) is 0 Å². The highest BCUT2D eigenvalue weighted by Gasteiger charge is 2.38. The van der Waals surface area contributed by atoms with Crippen LogP contribution in [0.25, 0.3) is 34.0 Å². The van der Waals surface area contributed by atoms with Gasteiger partial charge in [0.25, 0.3) is 0 Å². The predicted molar refractivity (Wildman–Crippen MR) is 220 cm³/mol. The van der Waals surface area contributed by atoms with Crippen LogP contribution in [0.3, 0.4) is 0 Å². The van der Waals surface area contributed by atoms with Crippen LogP contribution < -0.4 is 11.1 Å². The molecule has 0 unspecified atom stereocenters. The number of benzene rings is 2. The molecule has 4 heterocycles. The monoisotopic (exact) mass is 709 g/mol. The lowest BCUT2D eigenvalue weighted by Gasteiger charge is -2.42. The standard InChI is InChI=1S/C23H25N3.C23H31N3.H3N/c1-22(2)10-11-23(3,4)19-14-16(7-8-18(19)22)20-9-13-25-21(26-20)17-6-5-12-24-15-17;1-22(2)11-12-23(3,4)19-16-17(8-9-18(19)22)21-24-13-10-20(25-21)26-14-6-5-7-15-26;/h5-9,12-15H,10-11H2,1-4H3;8-10,13,16H,5-7,11-12,14-15H2,1-4H3;1H3. The van der Waals surface area contributed by atoms with Crippen molar-refractivity contribution in [2.45, 2.75) is 122 Å². The average molecular weight is 710 g/mol. The second-order valence-corrected chi connectivity index (χ2v) is 17.8. The summed E-state index contributed by atoms with van der Waals surface area (Å²) in [4.78, 5) is 25.3. The molecule has 3 N–H and O–H groups in total. The van der Waals surface area contributed by atoms with Crippen molar-refractivity contribution in [3.05, 3.63) is 108 Å². The Bertz CT molecular complexity index is 2040. The van der Waals surface area contributed by atoms with Gasteiger partial charge in [-0.2, -0.15) is 0 Å². The lowest BCUT2D eigenvalue weighted by atomic mass is 9.63. The van der Waals surface area contributed by atoms with Gasteiger partial charge in [-0.15, -0.1) is 0 Å². The molecule has 7 nitrogen and oxygen atoms in total. The zero-order chi connectivity index (χ0) is 36.7. The van der Waals surface area contributed by atoms with Gasteiger partial charge >= 0.3 is 0 Å². The second kappa shape index (κ2) is 14.7. The molecule has 1 fully saturated rings. The third-order valence-electron chi connectivity index (χ3n) is 12.2. The van der Waals surface area contributed by atoms with E-state index in [4.69, 9.17) is 9.97 Å². The quantitative estimate of drug-likeness (QED) is 0.198. The van der Waals surface area contributed by atoms with Gasteiger partial charge in [-0.1, -0.05) is 79.7 Å². The zero-order valence-electron chi connectivity index (χ0n) is 33.3. The van der Waals surface area contributed by atoms with Crippen LogP contribution in [0.5, 0.6) is 0 Å². The maximum absolute atomic E-state index is 4.91. The second-order valence-electron chi connectivity index (χ2n) is 17.8. The van der Waals surface area contributed by atoms with Crippen LogP contribution in [-0.4, -0.2) is 38.0 Å². The van der Waals surface area contributed by atoms with Gasteiger partial charge in [0, 0.05) is 54.6 Å². The lowest BCUT2D eigenvalue weighted by molar-refractivity contribution is 0.332. The Morgan fingerprint density at radius 3 is 1.62 bits per heavy atom. The van der Waals surface area contributed by atoms with Crippen molar-refractivity contribution >= 4 is 5.82 Å². The van der Waals surface area contributed by atoms with Crippen LogP contribution in [0.2, 0.25) is 0 Å². The number of hydrogen-bond acceptors (Lipinski definition) is 7. The fourth-order valence-corrected chi connectivity index (χ4v) is 8.42. The van der Waals surface area contributed by atoms with Crippen LogP contribution in [0.1, 0.15) is 123 Å². The summed E-state index contributed by atoms with van der Waals surface area (Å²) in [5.41, 5.74) is 11.0. The number of fused-ring (bicyclic) bond motifs is 2. The first kappa shape index (κ1) is 38.2. The van der Waals surface area contributed by atoms with Crippen molar-refractivity contribution in [1.82, 2.24) is 31.1 Å². The van der Waals surface area contributed by atoms with E-state index in [9.17, 15) is 0 Å². The molecule has 278 valence electrons. The Morgan fingerprint density at radius 1 is 0.509 bits per heavy atom. The number of rotatable bonds is 4. The van der Waals surface area contributed by atoms with Crippen LogP contribution in [0, 0.1) is 0 Å². The van der Waals surface area contributed by atoms with Crippen molar-refractivity contribution in [3.63, 3.8) is 0 Å². The summed E-state index contributed by atoms with van der Waals surface area (Å²) < 4.78 is 0. The molecule has 1 saturated heterocycles. The van der Waals surface area contributed by atoms with Crippen molar-refractivity contribution in [2.75, 3.05) is 18.0 Å². The highest BCUT2D eigenvalue weighted by molar-refractivity contribution is 5.66. The molecular weight excluding hydrogens is 651 g/mol. The third kappa shape index (κ3) is 7.91. The van der Waals surface area contributed by atoms with Crippen molar-refractivity contribution in [3.8, 4) is 34.0 Å². The Hall–Kier alpha value is -4.49. The van der Waals surface area contributed by atoms with Crippen molar-refractivity contribution < 1.29 is 0 Å². The van der Waals surface area contributed by atoms with Gasteiger partial charge in [-0.05, 0) is 125 Å². The van der Waals surface area contributed by atoms with E-state index in [1.165, 1.54) is 67.2 Å². The van der Waals surface area contributed by atoms with E-state index < -0.39 is 0 Å². The Labute approximate surface area is 317 Å². The molecule has 0 spiro atoms. The van der Waals surface area contributed by atoms with E-state index >= 15 is 0 Å². The van der Waals surface area contributed by atoms with Gasteiger partial charge in [0.15, 0.2) is 11.6 Å². The highest BCUT2D eigenvalue weighted by atomic mass is 15.2. The highest BCUT2D eigenvalue weighted by Crippen LogP contribution is 2.48. The Morgan fingerprint density at radius 2 is 1.04 bits per heavy atom. The van der Waals surface area contributed by atoms with E-state index in [-0.39, 0.29) is 27.8 Å². The van der Waals surface area contributed by atoms with Gasteiger partial charge in [-0.3, -0.25) is 4.98 Å². The number of piperidine rings is 1. The van der Waals surface area contributed by atoms with Crippen LogP contribution >= 0.6 is 0 Å². The van der Waals surface area contributed by atoms with Crippen LogP contribution in [0.4, 0.5) is 5.82 Å². The SMILES string of the molecule is CC1(C)CCC(C)(C)c2cc(-c3ccnc(-c4cccnc4)n3)ccc21.CC1(C)CCC(C)(C)c2cc(-c3nccc(N4CCCCC4)n3)ccc21.N. The molecule has 53 heavy (non-hydrogen) atoms. The normalized spacial score (nSPS) is 19.1. The molecule has 8 rings (SSSR count). The Kier molecular flexibility index (Phi) is 10.6. The molecule has 7 heteroatoms. The van der Waals surface area contributed by atoms with Crippen molar-refractivity contribution in [2.24, 2.45) is 0 Å². The lowest BCUT2D eigenvalue weighted by Crippen LogP contribution is -2.33.